The van der Waals surface area contributed by atoms with Gasteiger partial charge in [0.2, 0.25) is 0 Å². The first-order chi connectivity index (χ1) is 7.75. The second-order valence-corrected chi connectivity index (χ2v) is 4.59. The molecule has 0 unspecified atom stereocenters. The summed E-state index contributed by atoms with van der Waals surface area (Å²) in [4.78, 5) is 1.49. The fraction of sp³-hybridized carbons (Fsp3) is 0.538. The van der Waals surface area contributed by atoms with Crippen LogP contribution in [0.1, 0.15) is 31.2 Å². The van der Waals surface area contributed by atoms with Crippen LogP contribution in [0.15, 0.2) is 18.2 Å². The third-order valence-electron chi connectivity index (χ3n) is 3.25. The highest BCUT2D eigenvalue weighted by Crippen LogP contribution is 2.08. The van der Waals surface area contributed by atoms with E-state index in [0.717, 1.165) is 25.2 Å². The molecular weight excluding hydrogens is 208 g/mol. The first-order valence-electron chi connectivity index (χ1n) is 6.03. The summed E-state index contributed by atoms with van der Waals surface area (Å²) >= 11 is 0. The molecule has 16 heavy (non-hydrogen) atoms. The third kappa shape index (κ3) is 3.01. The van der Waals surface area contributed by atoms with Crippen LogP contribution in [0.2, 0.25) is 0 Å². The maximum absolute atomic E-state index is 13.0. The van der Waals surface area contributed by atoms with Gasteiger partial charge in [-0.25, -0.2) is 8.78 Å². The van der Waals surface area contributed by atoms with Crippen LogP contribution in [0.3, 0.4) is 0 Å². The minimum atomic E-state index is -0.755. The van der Waals surface area contributed by atoms with Gasteiger partial charge in [-0.15, -0.1) is 0 Å². The molecule has 0 saturated carbocycles. The summed E-state index contributed by atoms with van der Waals surface area (Å²) in [5.41, 5.74) is 0.899. The van der Waals surface area contributed by atoms with E-state index in [1.54, 1.807) is 6.07 Å². The Morgan fingerprint density at radius 2 is 1.62 bits per heavy atom. The first-order valence-corrected chi connectivity index (χ1v) is 6.03. The Labute approximate surface area is 95.1 Å². The predicted octanol–water partition coefficient (Wildman–Crippen LogP) is 1.92. The smallest absolute Gasteiger partial charge is 0.159 e. The van der Waals surface area contributed by atoms with E-state index in [2.05, 4.69) is 0 Å². The summed E-state index contributed by atoms with van der Waals surface area (Å²) in [6.07, 6.45) is 5.11. The number of nitrogens with one attached hydrogen (secondary N) is 1. The summed E-state index contributed by atoms with van der Waals surface area (Å²) in [6.45, 7) is 3.12. The van der Waals surface area contributed by atoms with Crippen LogP contribution in [-0.4, -0.2) is 13.1 Å². The number of likely N-dealkylation sites (tertiary alicyclic amines) is 1. The topological polar surface area (TPSA) is 4.44 Å². The quantitative estimate of drug-likeness (QED) is 0.786. The monoisotopic (exact) mass is 226 g/mol. The minimum absolute atomic E-state index is 0.730. The van der Waals surface area contributed by atoms with Crippen molar-refractivity contribution in [1.29, 1.82) is 0 Å². The Hall–Kier alpha value is -0.960. The van der Waals surface area contributed by atoms with Gasteiger partial charge in [-0.3, -0.25) is 0 Å². The van der Waals surface area contributed by atoms with Crippen LogP contribution in [0.5, 0.6) is 0 Å². The summed E-state index contributed by atoms with van der Waals surface area (Å²) in [5.74, 6) is -1.48. The number of halogens is 2. The highest BCUT2D eigenvalue weighted by Gasteiger charge is 2.13. The average Bonchev–Trinajstić information content (AvgIpc) is 2.52. The summed E-state index contributed by atoms with van der Waals surface area (Å²) in [5, 5.41) is 0. The van der Waals surface area contributed by atoms with Gasteiger partial charge in [-0.05, 0) is 37.8 Å². The maximum atomic E-state index is 13.0. The molecule has 1 saturated heterocycles. The maximum Gasteiger partial charge on any atom is 0.159 e. The van der Waals surface area contributed by atoms with E-state index in [1.165, 1.54) is 42.7 Å². The van der Waals surface area contributed by atoms with Crippen molar-refractivity contribution in [2.45, 2.75) is 32.2 Å². The van der Waals surface area contributed by atoms with E-state index < -0.39 is 11.6 Å². The lowest BCUT2D eigenvalue weighted by Gasteiger charge is -2.16. The summed E-state index contributed by atoms with van der Waals surface area (Å²) in [6, 6.07) is 4.24. The van der Waals surface area contributed by atoms with Crippen molar-refractivity contribution >= 4 is 0 Å². The third-order valence-corrected chi connectivity index (χ3v) is 3.25. The highest BCUT2D eigenvalue weighted by molar-refractivity contribution is 5.16. The molecule has 1 aromatic rings. The molecule has 1 aromatic carbocycles. The van der Waals surface area contributed by atoms with Crippen molar-refractivity contribution in [1.82, 2.24) is 0 Å². The fourth-order valence-corrected chi connectivity index (χ4v) is 2.34. The number of quaternary nitrogens is 1. The Kier molecular flexibility index (Phi) is 3.88. The van der Waals surface area contributed by atoms with Gasteiger partial charge in [-0.1, -0.05) is 6.07 Å². The van der Waals surface area contributed by atoms with Gasteiger partial charge >= 0.3 is 0 Å². The van der Waals surface area contributed by atoms with Crippen LogP contribution >= 0.6 is 0 Å². The zero-order chi connectivity index (χ0) is 11.4. The van der Waals surface area contributed by atoms with Crippen molar-refractivity contribution in [2.75, 3.05) is 13.1 Å². The zero-order valence-electron chi connectivity index (χ0n) is 9.44. The zero-order valence-corrected chi connectivity index (χ0v) is 9.44. The van der Waals surface area contributed by atoms with Gasteiger partial charge in [0.1, 0.15) is 6.54 Å². The van der Waals surface area contributed by atoms with E-state index in [-0.39, 0.29) is 0 Å². The van der Waals surface area contributed by atoms with Crippen LogP contribution in [-0.2, 0) is 6.54 Å². The molecule has 0 spiro atoms. The SMILES string of the molecule is Fc1ccc(C[NH+]2CCCCCC2)cc1F. The number of hydrogen-bond acceptors (Lipinski definition) is 0. The molecule has 1 fully saturated rings. The van der Waals surface area contributed by atoms with Crippen molar-refractivity contribution in [3.63, 3.8) is 0 Å². The summed E-state index contributed by atoms with van der Waals surface area (Å²) < 4.78 is 25.8. The molecule has 0 aromatic heterocycles. The van der Waals surface area contributed by atoms with E-state index in [1.807, 2.05) is 0 Å². The fourth-order valence-electron chi connectivity index (χ4n) is 2.34. The molecule has 1 N–H and O–H groups in total. The Morgan fingerprint density at radius 1 is 0.938 bits per heavy atom. The second kappa shape index (κ2) is 5.39. The Balaban J connectivity index is 1.99. The summed E-state index contributed by atoms with van der Waals surface area (Å²) in [7, 11) is 0. The molecule has 0 atom stereocenters. The number of benzene rings is 1. The number of hydrogen-bond donors (Lipinski definition) is 1. The van der Waals surface area contributed by atoms with Gasteiger partial charge in [-0.2, -0.15) is 0 Å². The average molecular weight is 226 g/mol. The Morgan fingerprint density at radius 3 is 2.25 bits per heavy atom. The van der Waals surface area contributed by atoms with E-state index in [9.17, 15) is 8.78 Å². The number of rotatable bonds is 2. The van der Waals surface area contributed by atoms with Gasteiger partial charge in [0.05, 0.1) is 13.1 Å². The van der Waals surface area contributed by atoms with Crippen molar-refractivity contribution in [2.24, 2.45) is 0 Å². The largest absolute Gasteiger partial charge is 0.331 e. The lowest BCUT2D eigenvalue weighted by atomic mass is 10.2. The molecule has 3 heteroatoms. The molecule has 0 aliphatic carbocycles. The molecule has 1 nitrogen and oxygen atoms in total. The lowest BCUT2D eigenvalue weighted by Crippen LogP contribution is -3.10. The first kappa shape index (κ1) is 11.5. The van der Waals surface area contributed by atoms with Crippen molar-refractivity contribution in [3.8, 4) is 0 Å². The van der Waals surface area contributed by atoms with Crippen LogP contribution < -0.4 is 4.90 Å². The van der Waals surface area contributed by atoms with Crippen LogP contribution in [0.25, 0.3) is 0 Å². The van der Waals surface area contributed by atoms with Crippen LogP contribution in [0, 0.1) is 11.6 Å². The van der Waals surface area contributed by atoms with Crippen molar-refractivity contribution < 1.29 is 13.7 Å². The van der Waals surface area contributed by atoms with Crippen molar-refractivity contribution in [3.05, 3.63) is 35.4 Å². The molecule has 1 aliphatic heterocycles. The standard InChI is InChI=1S/C13H17F2N/c14-12-6-5-11(9-13(12)15)10-16-7-3-1-2-4-8-16/h5-6,9H,1-4,7-8,10H2/p+1. The normalized spacial score (nSPS) is 18.4. The molecule has 0 bridgehead atoms. The predicted molar refractivity (Wildman–Crippen MR) is 59.2 cm³/mol. The van der Waals surface area contributed by atoms with Gasteiger partial charge in [0, 0.05) is 5.56 Å². The molecule has 1 heterocycles. The Bertz CT molecular complexity index is 344. The van der Waals surface area contributed by atoms with Gasteiger partial charge in [0.15, 0.2) is 11.6 Å². The molecule has 2 rings (SSSR count). The molecule has 0 radical (unpaired) electrons. The van der Waals surface area contributed by atoms with Gasteiger partial charge in [0.25, 0.3) is 0 Å². The lowest BCUT2D eigenvalue weighted by molar-refractivity contribution is -0.913. The second-order valence-electron chi connectivity index (χ2n) is 4.59. The van der Waals surface area contributed by atoms with Gasteiger partial charge < -0.3 is 4.90 Å². The molecular formula is C13H18F2N+. The molecule has 88 valence electrons. The highest BCUT2D eigenvalue weighted by atomic mass is 19.2. The van der Waals surface area contributed by atoms with Crippen LogP contribution in [0.4, 0.5) is 8.78 Å². The van der Waals surface area contributed by atoms with E-state index in [0.29, 0.717) is 0 Å². The molecule has 0 amide bonds. The van der Waals surface area contributed by atoms with E-state index >= 15 is 0 Å². The van der Waals surface area contributed by atoms with E-state index in [4.69, 9.17) is 0 Å². The molecule has 1 aliphatic rings. The minimum Gasteiger partial charge on any atom is -0.331 e.